The maximum absolute atomic E-state index is 11.9. The third-order valence-corrected chi connectivity index (χ3v) is 3.00. The monoisotopic (exact) mass is 277 g/mol. The van der Waals surface area contributed by atoms with Crippen molar-refractivity contribution in [2.75, 3.05) is 0 Å². The minimum Gasteiger partial charge on any atom is -0.459 e. The summed E-state index contributed by atoms with van der Waals surface area (Å²) in [4.78, 5) is 23.7. The molecule has 1 aromatic carbocycles. The van der Waals surface area contributed by atoms with Crippen LogP contribution in [0.1, 0.15) is 61.3 Å². The smallest absolute Gasteiger partial charge is 0.339 e. The Hall–Kier alpha value is -1.84. The molecule has 0 aromatic heterocycles. The zero-order valence-electron chi connectivity index (χ0n) is 12.4. The molecule has 0 saturated carbocycles. The summed E-state index contributed by atoms with van der Waals surface area (Å²) in [5.74, 6) is -0.949. The summed E-state index contributed by atoms with van der Waals surface area (Å²) in [6, 6.07) is 7.52. The fourth-order valence-corrected chi connectivity index (χ4v) is 1.37. The van der Waals surface area contributed by atoms with Crippen molar-refractivity contribution in [1.82, 2.24) is 0 Å². The highest BCUT2D eigenvalue weighted by Crippen LogP contribution is 2.11. The van der Waals surface area contributed by atoms with Gasteiger partial charge in [-0.15, -0.1) is 0 Å². The quantitative estimate of drug-likeness (QED) is 0.748. The molecule has 0 spiro atoms. The summed E-state index contributed by atoms with van der Waals surface area (Å²) in [7, 11) is 0. The van der Waals surface area contributed by atoms with Crippen molar-refractivity contribution >= 4 is 11.9 Å². The number of benzene rings is 1. The molecule has 1 aromatic rings. The maximum Gasteiger partial charge on any atom is 0.339 e. The van der Waals surface area contributed by atoms with Gasteiger partial charge in [0.1, 0.15) is 0 Å². The first-order valence-electron chi connectivity index (χ1n) is 6.92. The van der Waals surface area contributed by atoms with Crippen molar-refractivity contribution in [2.45, 2.75) is 52.7 Å². The Morgan fingerprint density at radius 1 is 1.00 bits per heavy atom. The first-order valence-corrected chi connectivity index (χ1v) is 6.92. The van der Waals surface area contributed by atoms with Crippen molar-refractivity contribution in [3.05, 3.63) is 35.4 Å². The molecule has 20 heavy (non-hydrogen) atoms. The van der Waals surface area contributed by atoms with E-state index in [9.17, 15) is 9.59 Å². The van der Waals surface area contributed by atoms with Crippen molar-refractivity contribution < 1.29 is 19.1 Å². The summed E-state index contributed by atoms with van der Waals surface area (Å²) in [6.07, 6.45) is 1.15. The molecule has 0 saturated heterocycles. The maximum atomic E-state index is 11.9. The highest BCUT2D eigenvalue weighted by atomic mass is 16.5. The Kier molecular flexibility index (Phi) is 6.22. The second-order valence-corrected chi connectivity index (χ2v) is 4.73. The lowest BCUT2D eigenvalue weighted by molar-refractivity contribution is 0.0333. The van der Waals surface area contributed by atoms with Crippen LogP contribution in [0.25, 0.3) is 0 Å². The molecule has 109 valence electrons. The molecule has 1 radical (unpaired) electrons. The van der Waals surface area contributed by atoms with E-state index in [1.165, 1.54) is 0 Å². The summed E-state index contributed by atoms with van der Waals surface area (Å²) in [5, 5.41) is 0. The van der Waals surface area contributed by atoms with Crippen LogP contribution in [0.3, 0.4) is 0 Å². The van der Waals surface area contributed by atoms with Crippen LogP contribution in [0.15, 0.2) is 18.2 Å². The molecular formula is C16H21O4. The SMILES string of the molecule is CCC(C)OC(=O)c1[c]c(C(=O)OC(C)CC)ccc1. The molecule has 0 fully saturated rings. The number of rotatable bonds is 6. The first kappa shape index (κ1) is 16.2. The van der Waals surface area contributed by atoms with Crippen LogP contribution in [-0.2, 0) is 9.47 Å². The number of esters is 2. The van der Waals surface area contributed by atoms with Gasteiger partial charge in [-0.25, -0.2) is 9.59 Å². The largest absolute Gasteiger partial charge is 0.459 e. The van der Waals surface area contributed by atoms with E-state index in [-0.39, 0.29) is 23.3 Å². The molecule has 1 rings (SSSR count). The fourth-order valence-electron chi connectivity index (χ4n) is 1.37. The van der Waals surface area contributed by atoms with Gasteiger partial charge in [0.15, 0.2) is 0 Å². The minimum atomic E-state index is -0.475. The van der Waals surface area contributed by atoms with Gasteiger partial charge in [-0.2, -0.15) is 0 Å². The van der Waals surface area contributed by atoms with E-state index in [1.54, 1.807) is 18.2 Å². The third-order valence-electron chi connectivity index (χ3n) is 3.00. The van der Waals surface area contributed by atoms with Crippen LogP contribution in [0, 0.1) is 6.07 Å². The van der Waals surface area contributed by atoms with E-state index in [1.807, 2.05) is 27.7 Å². The molecule has 2 unspecified atom stereocenters. The number of hydrogen-bond donors (Lipinski definition) is 0. The second-order valence-electron chi connectivity index (χ2n) is 4.73. The third kappa shape index (κ3) is 4.68. The molecule has 0 bridgehead atoms. The molecule has 0 aliphatic heterocycles. The first-order chi connectivity index (χ1) is 9.47. The molecule has 4 nitrogen and oxygen atoms in total. The molecule has 0 aliphatic rings. The highest BCUT2D eigenvalue weighted by molar-refractivity contribution is 5.94. The van der Waals surface area contributed by atoms with Crippen molar-refractivity contribution in [3.8, 4) is 0 Å². The van der Waals surface area contributed by atoms with Crippen molar-refractivity contribution in [1.29, 1.82) is 0 Å². The Labute approximate surface area is 120 Å². The minimum absolute atomic E-state index is 0.161. The van der Waals surface area contributed by atoms with Crippen molar-refractivity contribution in [3.63, 3.8) is 0 Å². The van der Waals surface area contributed by atoms with E-state index >= 15 is 0 Å². The molecule has 0 amide bonds. The van der Waals surface area contributed by atoms with Gasteiger partial charge in [0.2, 0.25) is 0 Å². The van der Waals surface area contributed by atoms with Crippen LogP contribution < -0.4 is 0 Å². The normalized spacial score (nSPS) is 13.4. The number of carbonyl (C=O) groups excluding carboxylic acids is 2. The van der Waals surface area contributed by atoms with E-state index in [2.05, 4.69) is 6.07 Å². The molecule has 0 aliphatic carbocycles. The molecule has 0 N–H and O–H groups in total. The second kappa shape index (κ2) is 7.68. The van der Waals surface area contributed by atoms with Crippen molar-refractivity contribution in [2.24, 2.45) is 0 Å². The van der Waals surface area contributed by atoms with E-state index < -0.39 is 11.9 Å². The van der Waals surface area contributed by atoms with Gasteiger partial charge in [-0.3, -0.25) is 0 Å². The lowest BCUT2D eigenvalue weighted by Gasteiger charge is -2.12. The highest BCUT2D eigenvalue weighted by Gasteiger charge is 2.16. The Bertz CT molecular complexity index is 428. The van der Waals surface area contributed by atoms with Gasteiger partial charge >= 0.3 is 11.9 Å². The number of hydrogen-bond acceptors (Lipinski definition) is 4. The summed E-state index contributed by atoms with van der Waals surface area (Å²) < 4.78 is 10.4. The van der Waals surface area contributed by atoms with E-state index in [0.29, 0.717) is 0 Å². The molecule has 2 atom stereocenters. The molecular weight excluding hydrogens is 256 g/mol. The predicted molar refractivity (Wildman–Crippen MR) is 75.6 cm³/mol. The zero-order valence-corrected chi connectivity index (χ0v) is 12.4. The van der Waals surface area contributed by atoms with E-state index in [0.717, 1.165) is 12.8 Å². The van der Waals surface area contributed by atoms with Gasteiger partial charge in [-0.1, -0.05) is 19.9 Å². The van der Waals surface area contributed by atoms with Gasteiger partial charge in [0.05, 0.1) is 23.3 Å². The van der Waals surface area contributed by atoms with Gasteiger partial charge < -0.3 is 9.47 Å². The summed E-state index contributed by atoms with van der Waals surface area (Å²) in [5.41, 5.74) is 0.479. The summed E-state index contributed by atoms with van der Waals surface area (Å²) in [6.45, 7) is 7.50. The topological polar surface area (TPSA) is 52.6 Å². The van der Waals surface area contributed by atoms with Gasteiger partial charge in [0.25, 0.3) is 0 Å². The Balaban J connectivity index is 2.80. The zero-order chi connectivity index (χ0) is 15.1. The predicted octanol–water partition coefficient (Wildman–Crippen LogP) is 3.40. The summed E-state index contributed by atoms with van der Waals surface area (Å²) >= 11 is 0. The van der Waals surface area contributed by atoms with Crippen LogP contribution >= 0.6 is 0 Å². The lowest BCUT2D eigenvalue weighted by Crippen LogP contribution is -2.16. The molecule has 0 heterocycles. The Morgan fingerprint density at radius 3 is 1.75 bits per heavy atom. The van der Waals surface area contributed by atoms with Crippen LogP contribution in [0.5, 0.6) is 0 Å². The number of ether oxygens (including phenoxy) is 2. The van der Waals surface area contributed by atoms with Crippen LogP contribution in [0.2, 0.25) is 0 Å². The average molecular weight is 277 g/mol. The fraction of sp³-hybridized carbons (Fsp3) is 0.500. The lowest BCUT2D eigenvalue weighted by atomic mass is 10.1. The van der Waals surface area contributed by atoms with Gasteiger partial charge in [0, 0.05) is 6.07 Å². The van der Waals surface area contributed by atoms with Crippen LogP contribution in [0.4, 0.5) is 0 Å². The average Bonchev–Trinajstić information content (AvgIpc) is 2.46. The standard InChI is InChI=1S/C16H21O4/c1-5-11(3)19-15(17)13-8-7-9-14(10-13)16(18)20-12(4)6-2/h7-9,11-12H,5-6H2,1-4H3. The Morgan fingerprint density at radius 2 is 1.40 bits per heavy atom. The number of carbonyl (C=O) groups is 2. The van der Waals surface area contributed by atoms with Gasteiger partial charge in [-0.05, 0) is 38.8 Å². The molecule has 4 heteroatoms. The van der Waals surface area contributed by atoms with Crippen LogP contribution in [-0.4, -0.2) is 24.1 Å². The van der Waals surface area contributed by atoms with E-state index in [4.69, 9.17) is 9.47 Å².